The Kier molecular flexibility index (Phi) is 5.07. The van der Waals surface area contributed by atoms with E-state index in [9.17, 15) is 14.7 Å². The van der Waals surface area contributed by atoms with Crippen molar-refractivity contribution in [3.63, 3.8) is 0 Å². The number of carbonyl (C=O) groups is 2. The highest BCUT2D eigenvalue weighted by atomic mass is 35.5. The Bertz CT molecular complexity index is 538. The van der Waals surface area contributed by atoms with Gasteiger partial charge >= 0.3 is 5.97 Å². The third-order valence-electron chi connectivity index (χ3n) is 3.64. The van der Waals surface area contributed by atoms with Crippen molar-refractivity contribution in [2.24, 2.45) is 5.92 Å². The summed E-state index contributed by atoms with van der Waals surface area (Å²) in [5.74, 6) is -0.569. The molecule has 0 bridgehead atoms. The number of nitrogens with zero attached hydrogens (tertiary/aromatic N) is 1. The number of phenolic OH excluding ortho intramolecular Hbond substituents is 1. The summed E-state index contributed by atoms with van der Waals surface area (Å²) in [5.41, 5.74) is -0.000494. The summed E-state index contributed by atoms with van der Waals surface area (Å²) < 4.78 is 4.96. The first-order valence-electron chi connectivity index (χ1n) is 6.91. The number of piperidine rings is 1. The van der Waals surface area contributed by atoms with E-state index in [4.69, 9.17) is 16.3 Å². The van der Waals surface area contributed by atoms with Crippen molar-refractivity contribution in [3.8, 4) is 5.75 Å². The normalized spacial score (nSPS) is 15.8. The predicted octanol–water partition coefficient (Wildman–Crippen LogP) is 2.46. The third-order valence-corrected chi connectivity index (χ3v) is 3.88. The quantitative estimate of drug-likeness (QED) is 0.871. The average Bonchev–Trinajstić information content (AvgIpc) is 2.45. The second-order valence-corrected chi connectivity index (χ2v) is 5.74. The van der Waals surface area contributed by atoms with Gasteiger partial charge in [0.15, 0.2) is 6.61 Å². The fraction of sp³-hybridized carbons (Fsp3) is 0.467. The molecule has 1 aromatic carbocycles. The Morgan fingerprint density at radius 2 is 2.05 bits per heavy atom. The maximum absolute atomic E-state index is 11.9. The molecule has 0 unspecified atom stereocenters. The van der Waals surface area contributed by atoms with E-state index < -0.39 is 5.97 Å². The molecule has 6 heteroatoms. The molecule has 1 saturated heterocycles. The molecular weight excluding hydrogens is 294 g/mol. The van der Waals surface area contributed by atoms with Gasteiger partial charge in [0.2, 0.25) is 0 Å². The molecule has 21 heavy (non-hydrogen) atoms. The molecule has 1 amide bonds. The molecule has 1 heterocycles. The van der Waals surface area contributed by atoms with E-state index in [1.807, 2.05) is 0 Å². The summed E-state index contributed by atoms with van der Waals surface area (Å²) in [6, 6.07) is 4.10. The molecule has 0 aliphatic carbocycles. The number of ether oxygens (including phenoxy) is 1. The lowest BCUT2D eigenvalue weighted by Gasteiger charge is -2.30. The lowest BCUT2D eigenvalue weighted by atomic mass is 9.99. The van der Waals surface area contributed by atoms with Crippen LogP contribution in [0.4, 0.5) is 0 Å². The van der Waals surface area contributed by atoms with Gasteiger partial charge < -0.3 is 14.7 Å². The van der Waals surface area contributed by atoms with Gasteiger partial charge in [-0.3, -0.25) is 4.79 Å². The van der Waals surface area contributed by atoms with Crippen LogP contribution in [-0.2, 0) is 9.53 Å². The second-order valence-electron chi connectivity index (χ2n) is 5.30. The molecule has 0 saturated carbocycles. The Balaban J connectivity index is 1.87. The first-order chi connectivity index (χ1) is 9.97. The van der Waals surface area contributed by atoms with Crippen molar-refractivity contribution in [2.45, 2.75) is 19.8 Å². The number of esters is 1. The Hall–Kier alpha value is -1.75. The number of rotatable bonds is 3. The molecule has 0 radical (unpaired) electrons. The fourth-order valence-electron chi connectivity index (χ4n) is 2.23. The molecular formula is C15H18ClNO4. The molecule has 114 valence electrons. The van der Waals surface area contributed by atoms with Crippen LogP contribution >= 0.6 is 11.6 Å². The predicted molar refractivity (Wildman–Crippen MR) is 78.4 cm³/mol. The topological polar surface area (TPSA) is 66.8 Å². The van der Waals surface area contributed by atoms with E-state index in [2.05, 4.69) is 6.92 Å². The van der Waals surface area contributed by atoms with E-state index in [1.165, 1.54) is 18.2 Å². The van der Waals surface area contributed by atoms with Gasteiger partial charge in [0.25, 0.3) is 5.91 Å². The van der Waals surface area contributed by atoms with Crippen molar-refractivity contribution in [3.05, 3.63) is 28.8 Å². The number of phenols is 1. The smallest absolute Gasteiger partial charge is 0.342 e. The van der Waals surface area contributed by atoms with Crippen LogP contribution in [-0.4, -0.2) is 41.6 Å². The molecule has 1 aliphatic rings. The molecule has 0 atom stereocenters. The van der Waals surface area contributed by atoms with Gasteiger partial charge in [-0.25, -0.2) is 4.79 Å². The molecule has 2 rings (SSSR count). The van der Waals surface area contributed by atoms with Crippen molar-refractivity contribution < 1.29 is 19.4 Å². The third kappa shape index (κ3) is 4.11. The van der Waals surface area contributed by atoms with Crippen LogP contribution in [0.3, 0.4) is 0 Å². The number of halogens is 1. The number of hydrogen-bond acceptors (Lipinski definition) is 4. The Morgan fingerprint density at radius 3 is 2.67 bits per heavy atom. The van der Waals surface area contributed by atoms with E-state index >= 15 is 0 Å². The van der Waals surface area contributed by atoms with Crippen LogP contribution in [0.1, 0.15) is 30.1 Å². The standard InChI is InChI=1S/C15H18ClNO4/c1-10-4-6-17(7-5-10)14(19)9-21-15(20)12-3-2-11(16)8-13(12)18/h2-3,8,10,18H,4-7,9H2,1H3. The van der Waals surface area contributed by atoms with Gasteiger partial charge in [0, 0.05) is 18.1 Å². The minimum Gasteiger partial charge on any atom is -0.507 e. The van der Waals surface area contributed by atoms with Crippen LogP contribution < -0.4 is 0 Å². The lowest BCUT2D eigenvalue weighted by Crippen LogP contribution is -2.40. The highest BCUT2D eigenvalue weighted by Gasteiger charge is 2.22. The van der Waals surface area contributed by atoms with Crippen LogP contribution in [0, 0.1) is 5.92 Å². The highest BCUT2D eigenvalue weighted by Crippen LogP contribution is 2.22. The van der Waals surface area contributed by atoms with Crippen LogP contribution in [0.5, 0.6) is 5.75 Å². The number of carbonyl (C=O) groups excluding carboxylic acids is 2. The van der Waals surface area contributed by atoms with E-state index in [0.717, 1.165) is 12.8 Å². The fourth-order valence-corrected chi connectivity index (χ4v) is 2.40. The largest absolute Gasteiger partial charge is 0.507 e. The zero-order valence-electron chi connectivity index (χ0n) is 11.8. The van der Waals surface area contributed by atoms with Crippen LogP contribution in [0.25, 0.3) is 0 Å². The molecule has 1 fully saturated rings. The Labute approximate surface area is 128 Å². The van der Waals surface area contributed by atoms with Gasteiger partial charge in [-0.1, -0.05) is 18.5 Å². The molecule has 5 nitrogen and oxygen atoms in total. The summed E-state index contributed by atoms with van der Waals surface area (Å²) in [4.78, 5) is 25.5. The molecule has 0 spiro atoms. The molecule has 0 aromatic heterocycles. The van der Waals surface area contributed by atoms with Crippen LogP contribution in [0.2, 0.25) is 5.02 Å². The van der Waals surface area contributed by atoms with Gasteiger partial charge in [0.05, 0.1) is 0 Å². The summed E-state index contributed by atoms with van der Waals surface area (Å²) in [6.45, 7) is 3.24. The van der Waals surface area contributed by atoms with Gasteiger partial charge in [-0.15, -0.1) is 0 Å². The van der Waals surface area contributed by atoms with Crippen LogP contribution in [0.15, 0.2) is 18.2 Å². The molecule has 1 aromatic rings. The molecule has 1 aliphatic heterocycles. The zero-order valence-corrected chi connectivity index (χ0v) is 12.6. The van der Waals surface area contributed by atoms with E-state index in [-0.39, 0.29) is 23.8 Å². The molecule has 1 N–H and O–H groups in total. The second kappa shape index (κ2) is 6.80. The SMILES string of the molecule is CC1CCN(C(=O)COC(=O)c2ccc(Cl)cc2O)CC1. The maximum atomic E-state index is 11.9. The van der Waals surface area contributed by atoms with Crippen molar-refractivity contribution in [1.29, 1.82) is 0 Å². The first-order valence-corrected chi connectivity index (χ1v) is 7.28. The van der Waals surface area contributed by atoms with Gasteiger partial charge in [-0.2, -0.15) is 0 Å². The van der Waals surface area contributed by atoms with Crippen molar-refractivity contribution in [1.82, 2.24) is 4.90 Å². The van der Waals surface area contributed by atoms with Crippen molar-refractivity contribution in [2.75, 3.05) is 19.7 Å². The van der Waals surface area contributed by atoms with Gasteiger partial charge in [-0.05, 0) is 37.0 Å². The number of aromatic hydroxyl groups is 1. The van der Waals surface area contributed by atoms with Crippen molar-refractivity contribution >= 4 is 23.5 Å². The number of likely N-dealkylation sites (tertiary alicyclic amines) is 1. The average molecular weight is 312 g/mol. The van der Waals surface area contributed by atoms with E-state index in [1.54, 1.807) is 4.90 Å². The monoisotopic (exact) mass is 311 g/mol. The summed E-state index contributed by atoms with van der Waals surface area (Å²) in [7, 11) is 0. The number of amides is 1. The number of benzene rings is 1. The Morgan fingerprint density at radius 1 is 1.38 bits per heavy atom. The lowest BCUT2D eigenvalue weighted by molar-refractivity contribution is -0.135. The van der Waals surface area contributed by atoms with E-state index in [0.29, 0.717) is 24.0 Å². The minimum atomic E-state index is -0.733. The summed E-state index contributed by atoms with van der Waals surface area (Å²) >= 11 is 5.69. The summed E-state index contributed by atoms with van der Waals surface area (Å²) in [6.07, 6.45) is 1.94. The first kappa shape index (κ1) is 15.6. The number of hydrogen-bond donors (Lipinski definition) is 1. The minimum absolute atomic E-state index is 0.000494. The highest BCUT2D eigenvalue weighted by molar-refractivity contribution is 6.30. The van der Waals surface area contributed by atoms with Gasteiger partial charge in [0.1, 0.15) is 11.3 Å². The maximum Gasteiger partial charge on any atom is 0.342 e. The summed E-state index contributed by atoms with van der Waals surface area (Å²) in [5, 5.41) is 9.95. The zero-order chi connectivity index (χ0) is 15.4.